The van der Waals surface area contributed by atoms with E-state index >= 15 is 0 Å². The lowest BCUT2D eigenvalue weighted by atomic mass is 10.2. The Hall–Kier alpha value is -2.69. The molecule has 0 radical (unpaired) electrons. The van der Waals surface area contributed by atoms with Gasteiger partial charge in [-0.15, -0.1) is 0 Å². The number of nitriles is 1. The van der Waals surface area contributed by atoms with Crippen molar-refractivity contribution >= 4 is 17.4 Å². The van der Waals surface area contributed by atoms with Gasteiger partial charge in [0, 0.05) is 26.7 Å². The lowest BCUT2D eigenvalue weighted by Crippen LogP contribution is -2.28. The molecule has 0 saturated heterocycles. The van der Waals surface area contributed by atoms with Crippen LogP contribution in [0.2, 0.25) is 0 Å². The second-order valence-corrected chi connectivity index (χ2v) is 3.73. The molecule has 1 rings (SSSR count). The van der Waals surface area contributed by atoms with Crippen LogP contribution in [0.1, 0.15) is 16.8 Å². The van der Waals surface area contributed by atoms with E-state index < -0.39 is 10.8 Å². The molecule has 0 aromatic carbocycles. The molecule has 0 atom stereocenters. The Morgan fingerprint density at radius 3 is 2.89 bits per heavy atom. The molecule has 0 spiro atoms. The Labute approximate surface area is 109 Å². The fraction of sp³-hybridized carbons (Fsp3) is 0.364. The molecule has 8 nitrogen and oxygen atoms in total. The van der Waals surface area contributed by atoms with Crippen LogP contribution in [0.25, 0.3) is 0 Å². The molecule has 1 N–H and O–H groups in total. The van der Waals surface area contributed by atoms with Crippen molar-refractivity contribution in [2.24, 2.45) is 0 Å². The van der Waals surface area contributed by atoms with Crippen LogP contribution in [0.5, 0.6) is 0 Å². The smallest absolute Gasteiger partial charge is 0.288 e. The van der Waals surface area contributed by atoms with E-state index in [-0.39, 0.29) is 30.0 Å². The highest BCUT2D eigenvalue weighted by molar-refractivity contribution is 5.99. The van der Waals surface area contributed by atoms with Crippen molar-refractivity contribution < 1.29 is 9.72 Å². The summed E-state index contributed by atoms with van der Waals surface area (Å²) in [6, 6.07) is 3.10. The highest BCUT2D eigenvalue weighted by Crippen LogP contribution is 2.20. The van der Waals surface area contributed by atoms with E-state index in [1.807, 2.05) is 6.07 Å². The van der Waals surface area contributed by atoms with Crippen LogP contribution in [-0.4, -0.2) is 41.4 Å². The van der Waals surface area contributed by atoms with Crippen LogP contribution in [0.4, 0.5) is 11.5 Å². The van der Waals surface area contributed by atoms with Gasteiger partial charge in [-0.3, -0.25) is 14.9 Å². The number of nitrogens with zero attached hydrogens (tertiary/aromatic N) is 4. The molecule has 1 amide bonds. The summed E-state index contributed by atoms with van der Waals surface area (Å²) < 4.78 is 0. The molecule has 0 bridgehead atoms. The molecule has 0 aliphatic heterocycles. The van der Waals surface area contributed by atoms with Crippen LogP contribution in [-0.2, 0) is 0 Å². The van der Waals surface area contributed by atoms with Gasteiger partial charge in [-0.1, -0.05) is 0 Å². The number of carbonyl (C=O) groups excluding carboxylic acids is 1. The molecule has 8 heteroatoms. The van der Waals surface area contributed by atoms with Gasteiger partial charge in [-0.2, -0.15) is 5.26 Å². The number of anilines is 1. The molecule has 0 saturated carbocycles. The van der Waals surface area contributed by atoms with Gasteiger partial charge in [0.15, 0.2) is 0 Å². The third kappa shape index (κ3) is 3.38. The number of rotatable bonds is 5. The fourth-order valence-corrected chi connectivity index (χ4v) is 1.44. The van der Waals surface area contributed by atoms with Gasteiger partial charge in [0.25, 0.3) is 11.6 Å². The predicted molar refractivity (Wildman–Crippen MR) is 67.6 cm³/mol. The van der Waals surface area contributed by atoms with Gasteiger partial charge in [-0.25, -0.2) is 4.98 Å². The fourth-order valence-electron chi connectivity index (χ4n) is 1.44. The Bertz CT molecular complexity index is 538. The van der Waals surface area contributed by atoms with Crippen molar-refractivity contribution in [1.82, 2.24) is 9.88 Å². The van der Waals surface area contributed by atoms with Crippen LogP contribution in [0, 0.1) is 21.4 Å². The van der Waals surface area contributed by atoms with Crippen molar-refractivity contribution in [2.45, 2.75) is 6.42 Å². The maximum Gasteiger partial charge on any atom is 0.288 e. The highest BCUT2D eigenvalue weighted by Gasteiger charge is 2.20. The molecule has 0 aliphatic carbocycles. The average Bonchev–Trinajstić information content (AvgIpc) is 2.42. The molecule has 1 aromatic rings. The largest absolute Gasteiger partial charge is 0.372 e. The lowest BCUT2D eigenvalue weighted by molar-refractivity contribution is -0.385. The summed E-state index contributed by atoms with van der Waals surface area (Å²) in [7, 11) is 3.10. The highest BCUT2D eigenvalue weighted by atomic mass is 16.6. The summed E-state index contributed by atoms with van der Waals surface area (Å²) in [4.78, 5) is 27.4. The van der Waals surface area contributed by atoms with Crippen molar-refractivity contribution in [1.29, 1.82) is 5.26 Å². The van der Waals surface area contributed by atoms with Crippen LogP contribution in [0.3, 0.4) is 0 Å². The number of aromatic nitrogens is 1. The summed E-state index contributed by atoms with van der Waals surface area (Å²) in [5.41, 5.74) is -0.145. The predicted octanol–water partition coefficient (Wildman–Crippen LogP) is 1.02. The topological polar surface area (TPSA) is 112 Å². The molecule has 19 heavy (non-hydrogen) atoms. The molecule has 0 aliphatic rings. The van der Waals surface area contributed by atoms with Crippen molar-refractivity contribution in [2.75, 3.05) is 26.0 Å². The Morgan fingerprint density at radius 1 is 1.68 bits per heavy atom. The maximum absolute atomic E-state index is 12.1. The molecule has 0 unspecified atom stereocenters. The van der Waals surface area contributed by atoms with E-state index in [1.165, 1.54) is 18.0 Å². The van der Waals surface area contributed by atoms with Gasteiger partial charge in [0.2, 0.25) is 0 Å². The number of carbonyl (C=O) groups is 1. The minimum atomic E-state index is -0.613. The zero-order chi connectivity index (χ0) is 14.4. The van der Waals surface area contributed by atoms with E-state index in [0.717, 1.165) is 6.20 Å². The minimum Gasteiger partial charge on any atom is -0.372 e. The van der Waals surface area contributed by atoms with Crippen LogP contribution < -0.4 is 5.32 Å². The molecule has 1 aromatic heterocycles. The maximum atomic E-state index is 12.1. The summed E-state index contributed by atoms with van der Waals surface area (Å²) in [6.45, 7) is 0.251. The van der Waals surface area contributed by atoms with E-state index in [4.69, 9.17) is 5.26 Å². The van der Waals surface area contributed by atoms with Gasteiger partial charge in [-0.05, 0) is 0 Å². The minimum absolute atomic E-state index is 0.108. The first-order valence-electron chi connectivity index (χ1n) is 5.45. The van der Waals surface area contributed by atoms with Crippen molar-refractivity contribution in [3.63, 3.8) is 0 Å². The van der Waals surface area contributed by atoms with Crippen LogP contribution in [0.15, 0.2) is 12.3 Å². The van der Waals surface area contributed by atoms with Crippen LogP contribution >= 0.6 is 0 Å². The Morgan fingerprint density at radius 2 is 2.37 bits per heavy atom. The first kappa shape index (κ1) is 14.4. The normalized spacial score (nSPS) is 9.53. The Kier molecular flexibility index (Phi) is 4.76. The van der Waals surface area contributed by atoms with E-state index in [2.05, 4.69) is 10.3 Å². The van der Waals surface area contributed by atoms with Gasteiger partial charge in [0.1, 0.15) is 12.0 Å². The third-order valence-corrected chi connectivity index (χ3v) is 2.46. The summed E-state index contributed by atoms with van der Waals surface area (Å²) in [6.07, 6.45) is 1.28. The lowest BCUT2D eigenvalue weighted by Gasteiger charge is -2.16. The molecule has 100 valence electrons. The van der Waals surface area contributed by atoms with Gasteiger partial charge in [0.05, 0.1) is 23.0 Å². The number of hydrogen-bond acceptors (Lipinski definition) is 6. The second kappa shape index (κ2) is 6.30. The average molecular weight is 263 g/mol. The second-order valence-electron chi connectivity index (χ2n) is 3.73. The number of hydrogen-bond donors (Lipinski definition) is 1. The SMILES string of the molecule is CNc1ncc([N+](=O)[O-])cc1C(=O)N(C)CCC#N. The first-order valence-corrected chi connectivity index (χ1v) is 5.45. The number of pyridine rings is 1. The van der Waals surface area contributed by atoms with Crippen molar-refractivity contribution in [3.8, 4) is 6.07 Å². The first-order chi connectivity index (χ1) is 9.01. The monoisotopic (exact) mass is 263 g/mol. The van der Waals surface area contributed by atoms with Crippen molar-refractivity contribution in [3.05, 3.63) is 27.9 Å². The quantitative estimate of drug-likeness (QED) is 0.626. The zero-order valence-corrected chi connectivity index (χ0v) is 10.6. The van der Waals surface area contributed by atoms with Gasteiger partial charge >= 0.3 is 0 Å². The standard InChI is InChI=1S/C11H13N5O3/c1-13-10-9(6-8(7-14-10)16(18)19)11(17)15(2)5-3-4-12/h6-7H,3,5H2,1-2H3,(H,13,14). The molecule has 1 heterocycles. The summed E-state index contributed by atoms with van der Waals surface area (Å²) in [5, 5.41) is 21.9. The zero-order valence-electron chi connectivity index (χ0n) is 10.6. The summed E-state index contributed by atoms with van der Waals surface area (Å²) >= 11 is 0. The molecular formula is C11H13N5O3. The number of nitro groups is 1. The van der Waals surface area contributed by atoms with E-state index in [0.29, 0.717) is 0 Å². The number of amides is 1. The summed E-state index contributed by atoms with van der Waals surface area (Å²) in [5.74, 6) is -0.157. The molecular weight excluding hydrogens is 250 g/mol. The van der Waals surface area contributed by atoms with E-state index in [1.54, 1.807) is 7.05 Å². The van der Waals surface area contributed by atoms with Gasteiger partial charge < -0.3 is 10.2 Å². The number of nitrogens with one attached hydrogen (secondary N) is 1. The van der Waals surface area contributed by atoms with E-state index in [9.17, 15) is 14.9 Å². The molecule has 0 fully saturated rings. The Balaban J connectivity index is 3.09. The third-order valence-electron chi connectivity index (χ3n) is 2.46.